The second-order valence-corrected chi connectivity index (χ2v) is 9.67. The molecule has 1 heterocycles. The van der Waals surface area contributed by atoms with Gasteiger partial charge in [-0.3, -0.25) is 0 Å². The standard InChI is InChI=1S/C19H32BNS/c1-14(2)22-18-13-19(8-10-21(5)11-9-19)12-17(16(18)4)7-6-15(3)20/h6-7,14,16,18H,8-13H2,1-5H3/b15-6+,17-7-. The first kappa shape index (κ1) is 18.2. The number of rotatable bonds is 3. The summed E-state index contributed by atoms with van der Waals surface area (Å²) in [7, 11) is 8.12. The average molecular weight is 317 g/mol. The molecule has 0 aromatic heterocycles. The molecular formula is C19H32BNS. The number of hydrogen-bond donors (Lipinski definition) is 0. The van der Waals surface area contributed by atoms with Crippen molar-refractivity contribution in [3.05, 3.63) is 23.2 Å². The van der Waals surface area contributed by atoms with E-state index in [-0.39, 0.29) is 0 Å². The summed E-state index contributed by atoms with van der Waals surface area (Å²) in [5.74, 6) is 0.674. The number of likely N-dealkylation sites (tertiary alicyclic amines) is 1. The Labute approximate surface area is 143 Å². The van der Waals surface area contributed by atoms with Crippen LogP contribution >= 0.6 is 11.8 Å². The van der Waals surface area contributed by atoms with Crippen LogP contribution in [0.5, 0.6) is 0 Å². The van der Waals surface area contributed by atoms with Crippen LogP contribution in [0.15, 0.2) is 23.2 Å². The van der Waals surface area contributed by atoms with Gasteiger partial charge in [-0.2, -0.15) is 11.8 Å². The van der Waals surface area contributed by atoms with Crippen LogP contribution in [0.2, 0.25) is 0 Å². The van der Waals surface area contributed by atoms with Gasteiger partial charge in [-0.05, 0) is 62.4 Å². The Morgan fingerprint density at radius 2 is 2.00 bits per heavy atom. The fourth-order valence-corrected chi connectivity index (χ4v) is 5.51. The molecule has 122 valence electrons. The summed E-state index contributed by atoms with van der Waals surface area (Å²) < 4.78 is 0. The fraction of sp³-hybridized carbons (Fsp3) is 0.789. The van der Waals surface area contributed by atoms with Gasteiger partial charge in [-0.15, -0.1) is 5.47 Å². The van der Waals surface area contributed by atoms with Crippen molar-refractivity contribution in [2.45, 2.75) is 63.9 Å². The largest absolute Gasteiger partial charge is 0.306 e. The third kappa shape index (κ3) is 4.68. The topological polar surface area (TPSA) is 3.24 Å². The molecule has 2 radical (unpaired) electrons. The number of hydrogen-bond acceptors (Lipinski definition) is 2. The number of nitrogens with zero attached hydrogens (tertiary/aromatic N) is 1. The van der Waals surface area contributed by atoms with Crippen LogP contribution in [0.1, 0.15) is 53.4 Å². The number of piperidine rings is 1. The molecule has 1 saturated heterocycles. The fourth-order valence-electron chi connectivity index (χ4n) is 3.95. The van der Waals surface area contributed by atoms with Gasteiger partial charge >= 0.3 is 0 Å². The molecule has 0 aromatic rings. The average Bonchev–Trinajstić information content (AvgIpc) is 2.44. The molecular weight excluding hydrogens is 285 g/mol. The summed E-state index contributed by atoms with van der Waals surface area (Å²) in [5, 5.41) is 1.47. The molecule has 2 aliphatic rings. The van der Waals surface area contributed by atoms with Gasteiger partial charge in [0.25, 0.3) is 0 Å². The van der Waals surface area contributed by atoms with Crippen LogP contribution in [-0.4, -0.2) is 43.4 Å². The highest BCUT2D eigenvalue weighted by Crippen LogP contribution is 2.52. The van der Waals surface area contributed by atoms with Crippen LogP contribution < -0.4 is 0 Å². The van der Waals surface area contributed by atoms with Gasteiger partial charge in [0.1, 0.15) is 7.85 Å². The van der Waals surface area contributed by atoms with Gasteiger partial charge in [0.15, 0.2) is 0 Å². The minimum absolute atomic E-state index is 0.535. The van der Waals surface area contributed by atoms with Crippen molar-refractivity contribution in [3.63, 3.8) is 0 Å². The second-order valence-electron chi connectivity index (χ2n) is 7.85. The molecule has 1 aliphatic carbocycles. The molecule has 1 nitrogen and oxygen atoms in total. The van der Waals surface area contributed by atoms with Crippen LogP contribution in [0, 0.1) is 11.3 Å². The molecule has 1 spiro atoms. The first-order chi connectivity index (χ1) is 10.3. The summed E-state index contributed by atoms with van der Waals surface area (Å²) in [4.78, 5) is 2.49. The highest BCUT2D eigenvalue weighted by Gasteiger charge is 2.43. The molecule has 0 N–H and O–H groups in total. The zero-order chi connectivity index (χ0) is 16.3. The monoisotopic (exact) mass is 317 g/mol. The third-order valence-corrected chi connectivity index (χ3v) is 6.88. The van der Waals surface area contributed by atoms with Crippen molar-refractivity contribution in [1.82, 2.24) is 4.90 Å². The van der Waals surface area contributed by atoms with Crippen LogP contribution in [0.3, 0.4) is 0 Å². The molecule has 0 amide bonds. The molecule has 3 heteroatoms. The highest BCUT2D eigenvalue weighted by molar-refractivity contribution is 8.00. The van der Waals surface area contributed by atoms with Gasteiger partial charge in [0.2, 0.25) is 0 Å². The quantitative estimate of drug-likeness (QED) is 0.698. The van der Waals surface area contributed by atoms with Crippen molar-refractivity contribution < 1.29 is 0 Å². The van der Waals surface area contributed by atoms with E-state index in [1.807, 2.05) is 6.92 Å². The van der Waals surface area contributed by atoms with Gasteiger partial charge < -0.3 is 4.90 Å². The van der Waals surface area contributed by atoms with Gasteiger partial charge in [0.05, 0.1) is 0 Å². The number of thioether (sulfide) groups is 1. The van der Waals surface area contributed by atoms with E-state index in [9.17, 15) is 0 Å². The Kier molecular flexibility index (Phi) is 6.30. The zero-order valence-corrected chi connectivity index (χ0v) is 15.9. The molecule has 0 bridgehead atoms. The summed E-state index contributed by atoms with van der Waals surface area (Å²) in [6.07, 6.45) is 9.82. The lowest BCUT2D eigenvalue weighted by Gasteiger charge is -2.49. The van der Waals surface area contributed by atoms with E-state index < -0.39 is 0 Å². The van der Waals surface area contributed by atoms with Crippen molar-refractivity contribution >= 4 is 19.6 Å². The van der Waals surface area contributed by atoms with E-state index in [4.69, 9.17) is 7.85 Å². The van der Waals surface area contributed by atoms with E-state index in [1.54, 1.807) is 5.57 Å². The van der Waals surface area contributed by atoms with E-state index in [1.165, 1.54) is 38.8 Å². The first-order valence-electron chi connectivity index (χ1n) is 8.78. The van der Waals surface area contributed by atoms with E-state index in [0.717, 1.165) is 10.7 Å². The molecule has 0 aromatic carbocycles. The summed E-state index contributed by atoms with van der Waals surface area (Å²) in [6, 6.07) is 0. The molecule has 2 rings (SSSR count). The molecule has 2 unspecified atom stereocenters. The normalized spacial score (nSPS) is 32.1. The molecule has 22 heavy (non-hydrogen) atoms. The Bertz CT molecular complexity index is 429. The molecule has 2 fully saturated rings. The van der Waals surface area contributed by atoms with Crippen LogP contribution in [0.4, 0.5) is 0 Å². The maximum atomic E-state index is 5.86. The van der Waals surface area contributed by atoms with Gasteiger partial charge in [-0.1, -0.05) is 45.4 Å². The van der Waals surface area contributed by atoms with Crippen molar-refractivity contribution in [2.75, 3.05) is 20.1 Å². The smallest absolute Gasteiger partial charge is 0.107 e. The van der Waals surface area contributed by atoms with Crippen LogP contribution in [0.25, 0.3) is 0 Å². The lowest BCUT2D eigenvalue weighted by molar-refractivity contribution is 0.0917. The first-order valence-corrected chi connectivity index (χ1v) is 9.72. The minimum atomic E-state index is 0.535. The van der Waals surface area contributed by atoms with Gasteiger partial charge in [-0.25, -0.2) is 0 Å². The predicted octanol–water partition coefficient (Wildman–Crippen LogP) is 4.64. The van der Waals surface area contributed by atoms with Gasteiger partial charge in [0, 0.05) is 5.25 Å². The predicted molar refractivity (Wildman–Crippen MR) is 102 cm³/mol. The molecule has 2 atom stereocenters. The number of allylic oxidation sites excluding steroid dienone is 4. The Hall–Kier alpha value is -0.145. The lowest BCUT2D eigenvalue weighted by atomic mass is 9.63. The van der Waals surface area contributed by atoms with Crippen molar-refractivity contribution in [2.24, 2.45) is 11.3 Å². The minimum Gasteiger partial charge on any atom is -0.306 e. The van der Waals surface area contributed by atoms with E-state index in [2.05, 4.69) is 56.6 Å². The maximum absolute atomic E-state index is 5.86. The molecule has 1 aliphatic heterocycles. The Morgan fingerprint density at radius 1 is 1.36 bits per heavy atom. The second kappa shape index (κ2) is 7.62. The highest BCUT2D eigenvalue weighted by atomic mass is 32.2. The third-order valence-electron chi connectivity index (χ3n) is 5.41. The molecule has 1 saturated carbocycles. The van der Waals surface area contributed by atoms with Crippen molar-refractivity contribution in [1.29, 1.82) is 0 Å². The summed E-state index contributed by atoms with van der Waals surface area (Å²) in [6.45, 7) is 11.6. The van der Waals surface area contributed by atoms with Crippen LogP contribution in [-0.2, 0) is 0 Å². The summed E-state index contributed by atoms with van der Waals surface area (Å²) >= 11 is 2.18. The Morgan fingerprint density at radius 3 is 2.55 bits per heavy atom. The Balaban J connectivity index is 2.22. The summed E-state index contributed by atoms with van der Waals surface area (Å²) in [5.41, 5.74) is 3.07. The van der Waals surface area contributed by atoms with Crippen molar-refractivity contribution in [3.8, 4) is 0 Å². The van der Waals surface area contributed by atoms with E-state index in [0.29, 0.717) is 16.6 Å². The van der Waals surface area contributed by atoms with E-state index >= 15 is 0 Å². The lowest BCUT2D eigenvalue weighted by Crippen LogP contribution is -2.44. The maximum Gasteiger partial charge on any atom is 0.107 e. The SMILES string of the molecule is [B]/C(C)=C/C=C1/CC2(CCN(C)CC2)CC(SC(C)C)C1C. The zero-order valence-electron chi connectivity index (χ0n) is 15.1.